The molecule has 0 spiro atoms. The third-order valence-electron chi connectivity index (χ3n) is 2.54. The molecule has 5 nitrogen and oxygen atoms in total. The van der Waals surface area contributed by atoms with Crippen molar-refractivity contribution in [3.8, 4) is 5.75 Å². The highest BCUT2D eigenvalue weighted by Crippen LogP contribution is 2.18. The summed E-state index contributed by atoms with van der Waals surface area (Å²) >= 11 is 1.14. The minimum atomic E-state index is -0.946. The van der Waals surface area contributed by atoms with Crippen molar-refractivity contribution in [1.29, 1.82) is 0 Å². The largest absolute Gasteiger partial charge is 0.497 e. The van der Waals surface area contributed by atoms with Crippen LogP contribution in [0.1, 0.15) is 15.2 Å². The third kappa shape index (κ3) is 3.69. The van der Waals surface area contributed by atoms with Crippen LogP contribution in [0.5, 0.6) is 5.75 Å². The van der Waals surface area contributed by atoms with Crippen molar-refractivity contribution in [2.75, 3.05) is 19.0 Å². The Hall–Kier alpha value is -2.08. The summed E-state index contributed by atoms with van der Waals surface area (Å²) in [5.41, 5.74) is 1.15. The van der Waals surface area contributed by atoms with Crippen LogP contribution in [0.15, 0.2) is 30.5 Å². The average molecular weight is 278 g/mol. The van der Waals surface area contributed by atoms with Gasteiger partial charge in [-0.25, -0.2) is 9.78 Å². The van der Waals surface area contributed by atoms with Gasteiger partial charge in [-0.05, 0) is 24.1 Å². The lowest BCUT2D eigenvalue weighted by molar-refractivity contribution is 0.0702. The van der Waals surface area contributed by atoms with Crippen molar-refractivity contribution in [1.82, 2.24) is 4.98 Å². The van der Waals surface area contributed by atoms with Crippen molar-refractivity contribution >= 4 is 22.4 Å². The van der Waals surface area contributed by atoms with Gasteiger partial charge in [-0.1, -0.05) is 23.5 Å². The number of rotatable bonds is 6. The Labute approximate surface area is 114 Å². The van der Waals surface area contributed by atoms with Crippen LogP contribution in [0, 0.1) is 0 Å². The van der Waals surface area contributed by atoms with Crippen LogP contribution in [0.25, 0.3) is 0 Å². The van der Waals surface area contributed by atoms with Gasteiger partial charge in [0.1, 0.15) is 10.6 Å². The smallest absolute Gasteiger partial charge is 0.347 e. The first-order chi connectivity index (χ1) is 9.19. The Bertz CT molecular complexity index is 569. The van der Waals surface area contributed by atoms with Gasteiger partial charge in [0.2, 0.25) is 0 Å². The number of nitrogens with one attached hydrogen (secondary N) is 1. The molecule has 0 fully saturated rings. The van der Waals surface area contributed by atoms with Crippen LogP contribution < -0.4 is 10.1 Å². The number of benzene rings is 1. The number of carbonyl (C=O) groups is 1. The molecule has 0 saturated carbocycles. The van der Waals surface area contributed by atoms with E-state index in [0.717, 1.165) is 29.1 Å². The molecule has 0 radical (unpaired) electrons. The molecule has 0 atom stereocenters. The summed E-state index contributed by atoms with van der Waals surface area (Å²) in [5.74, 6) is -0.113. The molecule has 1 aromatic carbocycles. The normalized spacial score (nSPS) is 10.2. The van der Waals surface area contributed by atoms with E-state index in [2.05, 4.69) is 10.3 Å². The van der Waals surface area contributed by atoms with Gasteiger partial charge in [-0.3, -0.25) is 0 Å². The molecule has 0 amide bonds. The highest BCUT2D eigenvalue weighted by atomic mass is 32.1. The number of carboxylic acids is 1. The predicted molar refractivity (Wildman–Crippen MR) is 74.3 cm³/mol. The van der Waals surface area contributed by atoms with E-state index >= 15 is 0 Å². The molecule has 2 aromatic rings. The van der Waals surface area contributed by atoms with Crippen molar-refractivity contribution in [2.45, 2.75) is 6.42 Å². The number of anilines is 1. The van der Waals surface area contributed by atoms with E-state index in [1.54, 1.807) is 7.11 Å². The van der Waals surface area contributed by atoms with E-state index < -0.39 is 5.97 Å². The average Bonchev–Trinajstić information content (AvgIpc) is 2.88. The van der Waals surface area contributed by atoms with E-state index in [4.69, 9.17) is 9.84 Å². The Morgan fingerprint density at radius 3 is 3.05 bits per heavy atom. The number of aromatic nitrogens is 1. The van der Waals surface area contributed by atoms with E-state index in [-0.39, 0.29) is 4.88 Å². The lowest BCUT2D eigenvalue weighted by atomic mass is 10.1. The molecular weight excluding hydrogens is 264 g/mol. The number of hydrogen-bond donors (Lipinski definition) is 2. The molecule has 19 heavy (non-hydrogen) atoms. The highest BCUT2D eigenvalue weighted by molar-refractivity contribution is 7.17. The van der Waals surface area contributed by atoms with Gasteiger partial charge in [0.15, 0.2) is 5.13 Å². The molecule has 0 aliphatic carbocycles. The molecule has 2 rings (SSSR count). The van der Waals surface area contributed by atoms with Gasteiger partial charge in [0.25, 0.3) is 0 Å². The monoisotopic (exact) mass is 278 g/mol. The summed E-state index contributed by atoms with van der Waals surface area (Å²) in [6.07, 6.45) is 2.18. The molecule has 0 saturated heterocycles. The lowest BCUT2D eigenvalue weighted by Gasteiger charge is -2.05. The van der Waals surface area contributed by atoms with Gasteiger partial charge >= 0.3 is 5.97 Å². The van der Waals surface area contributed by atoms with E-state index in [9.17, 15) is 4.79 Å². The number of carboxylic acid groups (broad SMARTS) is 1. The number of ether oxygens (including phenoxy) is 1. The standard InChI is InChI=1S/C13H14N2O3S/c1-18-10-4-2-3-9(7-10)5-6-14-13-15-8-11(19-13)12(16)17/h2-4,7-8H,5-6H2,1H3,(H,14,15)(H,16,17). The fraction of sp³-hybridized carbons (Fsp3) is 0.231. The minimum Gasteiger partial charge on any atom is -0.497 e. The Morgan fingerprint density at radius 2 is 2.37 bits per heavy atom. The number of thiazole rings is 1. The second-order valence-corrected chi connectivity index (χ2v) is 4.89. The third-order valence-corrected chi connectivity index (χ3v) is 3.48. The van der Waals surface area contributed by atoms with E-state index in [1.807, 2.05) is 24.3 Å². The summed E-state index contributed by atoms with van der Waals surface area (Å²) in [4.78, 5) is 15.0. The second kappa shape index (κ2) is 6.19. The molecule has 1 heterocycles. The summed E-state index contributed by atoms with van der Waals surface area (Å²) in [5, 5.41) is 12.5. The lowest BCUT2D eigenvalue weighted by Crippen LogP contribution is -2.04. The zero-order valence-electron chi connectivity index (χ0n) is 10.4. The van der Waals surface area contributed by atoms with Crippen LogP contribution in [-0.2, 0) is 6.42 Å². The first-order valence-electron chi connectivity index (χ1n) is 5.75. The van der Waals surface area contributed by atoms with Crippen molar-refractivity contribution in [2.24, 2.45) is 0 Å². The Kier molecular flexibility index (Phi) is 4.35. The number of hydrogen-bond acceptors (Lipinski definition) is 5. The summed E-state index contributed by atoms with van der Waals surface area (Å²) in [6.45, 7) is 0.694. The maximum atomic E-state index is 10.7. The molecule has 0 aliphatic rings. The first-order valence-corrected chi connectivity index (χ1v) is 6.56. The summed E-state index contributed by atoms with van der Waals surface area (Å²) in [6, 6.07) is 7.85. The quantitative estimate of drug-likeness (QED) is 0.849. The van der Waals surface area contributed by atoms with Crippen LogP contribution in [0.2, 0.25) is 0 Å². The number of aromatic carboxylic acids is 1. The van der Waals surface area contributed by atoms with Crippen molar-refractivity contribution < 1.29 is 14.6 Å². The van der Waals surface area contributed by atoms with Gasteiger partial charge in [0, 0.05) is 6.54 Å². The van der Waals surface area contributed by atoms with Crippen molar-refractivity contribution in [3.05, 3.63) is 40.9 Å². The zero-order valence-corrected chi connectivity index (χ0v) is 11.2. The highest BCUT2D eigenvalue weighted by Gasteiger charge is 2.07. The van der Waals surface area contributed by atoms with Crippen LogP contribution >= 0.6 is 11.3 Å². The second-order valence-electron chi connectivity index (χ2n) is 3.86. The number of methoxy groups -OCH3 is 1. The minimum absolute atomic E-state index is 0.240. The molecule has 6 heteroatoms. The Morgan fingerprint density at radius 1 is 1.53 bits per heavy atom. The van der Waals surface area contributed by atoms with Crippen LogP contribution in [0.3, 0.4) is 0 Å². The molecule has 1 aromatic heterocycles. The summed E-state index contributed by atoms with van der Waals surface area (Å²) < 4.78 is 5.15. The van der Waals surface area contributed by atoms with Crippen molar-refractivity contribution in [3.63, 3.8) is 0 Å². The topological polar surface area (TPSA) is 71.5 Å². The molecule has 100 valence electrons. The molecule has 2 N–H and O–H groups in total. The zero-order chi connectivity index (χ0) is 13.7. The fourth-order valence-corrected chi connectivity index (χ4v) is 2.28. The molecule has 0 bridgehead atoms. The van der Waals surface area contributed by atoms with Crippen LogP contribution in [0.4, 0.5) is 5.13 Å². The molecule has 0 unspecified atom stereocenters. The fourth-order valence-electron chi connectivity index (χ4n) is 1.60. The van der Waals surface area contributed by atoms with E-state index in [1.165, 1.54) is 6.20 Å². The SMILES string of the molecule is COc1cccc(CCNc2ncc(C(=O)O)s2)c1. The summed E-state index contributed by atoms with van der Waals surface area (Å²) in [7, 11) is 1.64. The number of nitrogens with zero attached hydrogens (tertiary/aromatic N) is 1. The Balaban J connectivity index is 1.86. The first kappa shape index (κ1) is 13.4. The predicted octanol–water partition coefficient (Wildman–Crippen LogP) is 2.50. The van der Waals surface area contributed by atoms with Gasteiger partial charge in [-0.2, -0.15) is 0 Å². The van der Waals surface area contributed by atoms with Gasteiger partial charge < -0.3 is 15.2 Å². The van der Waals surface area contributed by atoms with Gasteiger partial charge in [0.05, 0.1) is 13.3 Å². The maximum absolute atomic E-state index is 10.7. The maximum Gasteiger partial charge on any atom is 0.347 e. The molecule has 0 aliphatic heterocycles. The van der Waals surface area contributed by atoms with Gasteiger partial charge in [-0.15, -0.1) is 0 Å². The molecular formula is C13H14N2O3S. The van der Waals surface area contributed by atoms with Crippen LogP contribution in [-0.4, -0.2) is 29.7 Å². The van der Waals surface area contributed by atoms with E-state index in [0.29, 0.717) is 11.7 Å².